The summed E-state index contributed by atoms with van der Waals surface area (Å²) in [6.45, 7) is 5.08. The summed E-state index contributed by atoms with van der Waals surface area (Å²) in [6.07, 6.45) is 0.950. The number of nitrogens with zero attached hydrogens (tertiary/aromatic N) is 2. The summed E-state index contributed by atoms with van der Waals surface area (Å²) in [5, 5.41) is 21.2. The zero-order chi connectivity index (χ0) is 28.5. The van der Waals surface area contributed by atoms with Crippen LogP contribution in [0.2, 0.25) is 0 Å². The monoisotopic (exact) mass is 564 g/mol. The van der Waals surface area contributed by atoms with Crippen molar-refractivity contribution >= 4 is 52.6 Å². The van der Waals surface area contributed by atoms with E-state index in [-0.39, 0.29) is 46.2 Å². The molecule has 0 bridgehead atoms. The average Bonchev–Trinajstić information content (AvgIpc) is 3.24. The highest BCUT2D eigenvalue weighted by atomic mass is 32.2. The highest BCUT2D eigenvalue weighted by Crippen LogP contribution is 2.35. The van der Waals surface area contributed by atoms with Gasteiger partial charge in [-0.15, -0.1) is 11.3 Å². The molecule has 0 aliphatic rings. The number of carbonyl (C=O) groups excluding carboxylic acids is 3. The summed E-state index contributed by atoms with van der Waals surface area (Å²) in [5.74, 6) is -1.94. The summed E-state index contributed by atoms with van der Waals surface area (Å²) >= 11 is 2.27. The van der Waals surface area contributed by atoms with Crippen LogP contribution in [0.5, 0.6) is 0 Å². The lowest BCUT2D eigenvalue weighted by Gasteiger charge is -2.08. The van der Waals surface area contributed by atoms with Crippen molar-refractivity contribution in [3.8, 4) is 6.07 Å². The maximum Gasteiger partial charge on any atom is 0.348 e. The van der Waals surface area contributed by atoms with E-state index in [0.29, 0.717) is 16.0 Å². The molecule has 2 aromatic carbocycles. The molecule has 1 aromatic heterocycles. The Kier molecular flexibility index (Phi) is 10.1. The quantitative estimate of drug-likeness (QED) is 0.0877. The predicted octanol–water partition coefficient (Wildman–Crippen LogP) is 6.19. The van der Waals surface area contributed by atoms with E-state index in [2.05, 4.69) is 0 Å². The van der Waals surface area contributed by atoms with Crippen molar-refractivity contribution in [1.29, 1.82) is 5.26 Å². The van der Waals surface area contributed by atoms with Gasteiger partial charge in [-0.1, -0.05) is 30.0 Å². The van der Waals surface area contributed by atoms with Gasteiger partial charge in [0.15, 0.2) is 5.78 Å². The lowest BCUT2D eigenvalue weighted by atomic mass is 10.0. The third-order valence-corrected chi connectivity index (χ3v) is 7.75. The molecule has 0 fully saturated rings. The number of nitro benzene ring substituents is 1. The van der Waals surface area contributed by atoms with Crippen LogP contribution in [-0.4, -0.2) is 35.9 Å². The van der Waals surface area contributed by atoms with Crippen LogP contribution in [-0.2, 0) is 20.7 Å². The molecule has 0 aliphatic heterocycles. The molecule has 0 amide bonds. The van der Waals surface area contributed by atoms with E-state index in [1.54, 1.807) is 26.8 Å². The van der Waals surface area contributed by atoms with Crippen molar-refractivity contribution in [2.45, 2.75) is 37.0 Å². The van der Waals surface area contributed by atoms with Crippen molar-refractivity contribution in [2.24, 2.45) is 0 Å². The van der Waals surface area contributed by atoms with Crippen LogP contribution in [0.25, 0.3) is 6.08 Å². The zero-order valence-corrected chi connectivity index (χ0v) is 23.0. The minimum atomic E-state index is -0.688. The number of non-ortho nitro benzene ring substituents is 1. The van der Waals surface area contributed by atoms with Gasteiger partial charge in [0.2, 0.25) is 0 Å². The highest BCUT2D eigenvalue weighted by molar-refractivity contribution is 7.99. The molecule has 3 rings (SSSR count). The van der Waals surface area contributed by atoms with Crippen molar-refractivity contribution in [1.82, 2.24) is 0 Å². The molecule has 39 heavy (non-hydrogen) atoms. The van der Waals surface area contributed by atoms with E-state index >= 15 is 0 Å². The smallest absolute Gasteiger partial charge is 0.348 e. The van der Waals surface area contributed by atoms with Crippen LogP contribution >= 0.6 is 23.1 Å². The van der Waals surface area contributed by atoms with E-state index in [4.69, 9.17) is 9.47 Å². The van der Waals surface area contributed by atoms with E-state index in [0.717, 1.165) is 16.2 Å². The number of hydrogen-bond acceptors (Lipinski definition) is 10. The Morgan fingerprint density at radius 1 is 1.08 bits per heavy atom. The minimum Gasteiger partial charge on any atom is -0.462 e. The first-order chi connectivity index (χ1) is 18.7. The molecular weight excluding hydrogens is 540 g/mol. The van der Waals surface area contributed by atoms with Gasteiger partial charge in [0.05, 0.1) is 29.3 Å². The average molecular weight is 565 g/mol. The SMILES string of the molecule is CCOC(=O)c1sc(CC(=O)/C(C#N)=C\c2cc([N+](=O)[O-])ccc2Sc2ccccc2)c(C(=O)OCC)c1C. The molecule has 3 aromatic rings. The molecule has 200 valence electrons. The van der Waals surface area contributed by atoms with Gasteiger partial charge in [0.1, 0.15) is 10.9 Å². The number of ketones is 1. The van der Waals surface area contributed by atoms with Crippen LogP contribution in [0.15, 0.2) is 63.9 Å². The molecule has 9 nitrogen and oxygen atoms in total. The topological polar surface area (TPSA) is 137 Å². The van der Waals surface area contributed by atoms with Gasteiger partial charge in [0, 0.05) is 33.2 Å². The maximum atomic E-state index is 13.3. The standard InChI is InChI=1S/C28H24N2O7S2/c1-4-36-27(32)25-17(3)26(28(33)37-5-2)39-24(25)15-22(31)19(16-29)13-18-14-20(30(34)35)11-12-23(18)38-21-9-7-6-8-10-21/h6-14H,4-5,15H2,1-3H3/b19-13-. The van der Waals surface area contributed by atoms with Crippen LogP contribution in [0, 0.1) is 28.4 Å². The van der Waals surface area contributed by atoms with E-state index < -0.39 is 22.6 Å². The van der Waals surface area contributed by atoms with E-state index in [9.17, 15) is 29.8 Å². The first kappa shape index (κ1) is 29.3. The Morgan fingerprint density at radius 3 is 2.36 bits per heavy atom. The molecule has 0 N–H and O–H groups in total. The fourth-order valence-corrected chi connectivity index (χ4v) is 5.71. The summed E-state index contributed by atoms with van der Waals surface area (Å²) in [7, 11) is 0. The lowest BCUT2D eigenvalue weighted by Crippen LogP contribution is -2.12. The number of hydrogen-bond donors (Lipinski definition) is 0. The molecule has 0 atom stereocenters. The van der Waals surface area contributed by atoms with Crippen molar-refractivity contribution in [2.75, 3.05) is 13.2 Å². The minimum absolute atomic E-state index is 0.0891. The Balaban J connectivity index is 2.03. The van der Waals surface area contributed by atoms with E-state index in [1.807, 2.05) is 36.4 Å². The Labute approximate surface area is 233 Å². The number of rotatable bonds is 11. The number of benzene rings is 2. The van der Waals surface area contributed by atoms with Gasteiger partial charge in [-0.25, -0.2) is 9.59 Å². The number of nitriles is 1. The van der Waals surface area contributed by atoms with Crippen molar-refractivity contribution in [3.05, 3.63) is 90.7 Å². The van der Waals surface area contributed by atoms with Crippen molar-refractivity contribution < 1.29 is 28.8 Å². The normalized spacial score (nSPS) is 11.0. The fraction of sp³-hybridized carbons (Fsp3) is 0.214. The summed E-state index contributed by atoms with van der Waals surface area (Å²) in [5.41, 5.74) is 0.293. The molecule has 0 aliphatic carbocycles. The van der Waals surface area contributed by atoms with Gasteiger partial charge in [0.25, 0.3) is 5.69 Å². The number of thiophene rings is 1. The van der Waals surface area contributed by atoms with Crippen LogP contribution in [0.4, 0.5) is 5.69 Å². The third-order valence-electron chi connectivity index (χ3n) is 5.38. The molecule has 0 radical (unpaired) electrons. The molecule has 0 unspecified atom stereocenters. The number of ether oxygens (including phenoxy) is 2. The predicted molar refractivity (Wildman–Crippen MR) is 147 cm³/mol. The second-order valence-corrected chi connectivity index (χ2v) is 10.2. The van der Waals surface area contributed by atoms with Crippen LogP contribution < -0.4 is 0 Å². The number of allylic oxidation sites excluding steroid dienone is 1. The van der Waals surface area contributed by atoms with Crippen LogP contribution in [0.1, 0.15) is 49.9 Å². The molecule has 0 spiro atoms. The molecule has 1 heterocycles. The van der Waals surface area contributed by atoms with Gasteiger partial charge < -0.3 is 9.47 Å². The second-order valence-electron chi connectivity index (χ2n) is 7.96. The number of carbonyl (C=O) groups is 3. The molecular formula is C28H24N2O7S2. The van der Waals surface area contributed by atoms with Gasteiger partial charge in [-0.05, 0) is 56.2 Å². The fourth-order valence-electron chi connectivity index (χ4n) is 3.60. The maximum absolute atomic E-state index is 13.3. The largest absolute Gasteiger partial charge is 0.462 e. The molecule has 0 saturated carbocycles. The van der Waals surface area contributed by atoms with Crippen LogP contribution in [0.3, 0.4) is 0 Å². The summed E-state index contributed by atoms with van der Waals surface area (Å²) < 4.78 is 10.2. The number of Topliss-reactive ketones (excluding diaryl/α,β-unsaturated/α-hetero) is 1. The lowest BCUT2D eigenvalue weighted by molar-refractivity contribution is -0.384. The Bertz CT molecular complexity index is 1490. The first-order valence-corrected chi connectivity index (χ1v) is 13.5. The Morgan fingerprint density at radius 2 is 1.74 bits per heavy atom. The van der Waals surface area contributed by atoms with Crippen molar-refractivity contribution in [3.63, 3.8) is 0 Å². The molecule has 11 heteroatoms. The Hall–Kier alpha value is -4.27. The number of nitro groups is 1. The summed E-state index contributed by atoms with van der Waals surface area (Å²) in [4.78, 5) is 51.2. The second kappa shape index (κ2) is 13.5. The highest BCUT2D eigenvalue weighted by Gasteiger charge is 2.28. The number of esters is 2. The molecule has 0 saturated heterocycles. The third kappa shape index (κ3) is 7.19. The summed E-state index contributed by atoms with van der Waals surface area (Å²) in [6, 6.07) is 15.4. The van der Waals surface area contributed by atoms with Gasteiger partial charge in [-0.3, -0.25) is 14.9 Å². The van der Waals surface area contributed by atoms with Gasteiger partial charge in [-0.2, -0.15) is 5.26 Å². The van der Waals surface area contributed by atoms with E-state index in [1.165, 1.54) is 30.0 Å². The first-order valence-electron chi connectivity index (χ1n) is 11.8. The van der Waals surface area contributed by atoms with Gasteiger partial charge >= 0.3 is 11.9 Å². The zero-order valence-electron chi connectivity index (χ0n) is 21.4.